The number of nitrogens with one attached hydrogen (secondary N) is 5. The monoisotopic (exact) mass is 1010 g/mol. The Kier molecular flexibility index (Phi) is 29.1. The molecule has 1 aromatic carbocycles. The zero-order valence-corrected chi connectivity index (χ0v) is 42.5. The van der Waals surface area contributed by atoms with E-state index in [9.17, 15) is 73.2 Å². The molecule has 9 N–H and O–H groups in total. The predicted octanol–water partition coefficient (Wildman–Crippen LogP) is 4.01. The minimum Gasteiger partial charge on any atom is -0.508 e. The van der Waals surface area contributed by atoms with Gasteiger partial charge in [-0.1, -0.05) is 58.6 Å². The van der Waals surface area contributed by atoms with E-state index in [1.54, 1.807) is 19.1 Å². The molecule has 72 heavy (non-hydrogen) atoms. The highest BCUT2D eigenvalue weighted by Crippen LogP contribution is 2.31. The van der Waals surface area contributed by atoms with Crippen LogP contribution in [0.15, 0.2) is 24.3 Å². The zero-order valence-electron chi connectivity index (χ0n) is 42.5. The van der Waals surface area contributed by atoms with E-state index < -0.39 is 83.8 Å². The van der Waals surface area contributed by atoms with Crippen LogP contribution in [0.3, 0.4) is 0 Å². The lowest BCUT2D eigenvalue weighted by atomic mass is 9.78. The topological polar surface area (TPSA) is 329 Å². The van der Waals surface area contributed by atoms with Crippen LogP contribution in [0, 0.1) is 23.7 Å². The number of carboxylic acids is 3. The van der Waals surface area contributed by atoms with Crippen molar-refractivity contribution < 1.29 is 73.2 Å². The van der Waals surface area contributed by atoms with Crippen molar-refractivity contribution in [2.45, 2.75) is 180 Å². The van der Waals surface area contributed by atoms with Crippen LogP contribution in [-0.4, -0.2) is 129 Å². The quantitative estimate of drug-likeness (QED) is 0.0421. The van der Waals surface area contributed by atoms with Gasteiger partial charge in [0.25, 0.3) is 0 Å². The number of aromatic hydroxyl groups is 1. The van der Waals surface area contributed by atoms with E-state index in [0.29, 0.717) is 50.9 Å². The summed E-state index contributed by atoms with van der Waals surface area (Å²) in [6.07, 6.45) is 4.46. The number of phenolic OH excluding ortho intramolecular Hbond substituents is 1. The number of hydrogen-bond acceptors (Lipinski definition) is 14. The summed E-state index contributed by atoms with van der Waals surface area (Å²) in [5, 5.41) is 52.5. The number of benzene rings is 1. The van der Waals surface area contributed by atoms with Gasteiger partial charge in [-0.2, -0.15) is 0 Å². The summed E-state index contributed by atoms with van der Waals surface area (Å²) in [6.45, 7) is 6.96. The number of aliphatic carboxylic acids is 3. The predicted molar refractivity (Wildman–Crippen MR) is 265 cm³/mol. The summed E-state index contributed by atoms with van der Waals surface area (Å²) in [4.78, 5) is 138. The molecule has 0 spiro atoms. The first-order valence-corrected chi connectivity index (χ1v) is 25.5. The Morgan fingerprint density at radius 1 is 0.597 bits per heavy atom. The lowest BCUT2D eigenvalue weighted by Gasteiger charge is -2.26. The Hall–Kier alpha value is -5.89. The molecule has 20 nitrogen and oxygen atoms in total. The number of carbonyl (C=O) groups is 11. The van der Waals surface area contributed by atoms with Gasteiger partial charge in [0, 0.05) is 57.9 Å². The van der Waals surface area contributed by atoms with E-state index in [1.807, 2.05) is 6.92 Å². The van der Waals surface area contributed by atoms with Gasteiger partial charge in [-0.15, -0.1) is 0 Å². The van der Waals surface area contributed by atoms with Crippen LogP contribution in [0.25, 0.3) is 0 Å². The molecule has 1 aromatic rings. The SMILES string of the molecule is CCCC[C@H](NCC(=O)[C@@H](Cc1ccc(O)cc1)NC(C)=O)C(=O)CN[C@@H](CCCCNC(=O)CC[C@H](CC(=O)CC[C@H](NC(=O)CC[C@H](CC(=O)C1CCC(C)CC1)C(=O)O)C(=O)O)C(=O)O)C(=O)CC. The van der Waals surface area contributed by atoms with Crippen LogP contribution >= 0.6 is 0 Å². The van der Waals surface area contributed by atoms with Crippen LogP contribution in [0.5, 0.6) is 5.75 Å². The highest BCUT2D eigenvalue weighted by molar-refractivity contribution is 5.92. The molecule has 0 saturated heterocycles. The van der Waals surface area contributed by atoms with Crippen LogP contribution in [0.2, 0.25) is 0 Å². The molecule has 1 aliphatic carbocycles. The number of unbranched alkanes of at least 4 members (excludes halogenated alkanes) is 2. The Morgan fingerprint density at radius 3 is 1.71 bits per heavy atom. The lowest BCUT2D eigenvalue weighted by Crippen LogP contribution is -2.50. The summed E-state index contributed by atoms with van der Waals surface area (Å²) >= 11 is 0. The van der Waals surface area contributed by atoms with Gasteiger partial charge < -0.3 is 47.0 Å². The van der Waals surface area contributed by atoms with Gasteiger partial charge in [0.15, 0.2) is 11.6 Å². The molecule has 0 unspecified atom stereocenters. The standard InChI is InChI=1S/C52H79N5O15/c1-5-7-10-41(55-31-47(64)43(56-33(4)58)27-34-14-20-38(59)21-15-34)46(63)30-54-40(44(61)6-2)11-8-9-26-53-48(65)24-18-36(50(67)68)28-39(60)22-23-42(52(71)72)57-49(66)25-19-37(51(69)70)29-45(62)35-16-12-32(3)13-17-35/h14-15,20-21,32,35-37,40-43,54-55,59H,5-13,16-19,22-31H2,1-4H3,(H,53,65)(H,56,58)(H,57,66)(H,67,68)(H,69,70)(H,71,72)/t32?,35?,36-,37-,40+,41+,42+,43-/m1/s1. The Bertz CT molecular complexity index is 1980. The maximum absolute atomic E-state index is 13.4. The number of carbonyl (C=O) groups excluding carboxylic acids is 8. The zero-order chi connectivity index (χ0) is 53.8. The fraction of sp³-hybridized carbons (Fsp3) is 0.673. The number of phenols is 1. The lowest BCUT2D eigenvalue weighted by molar-refractivity contribution is -0.145. The Labute approximate surface area is 422 Å². The largest absolute Gasteiger partial charge is 0.508 e. The number of amides is 3. The van der Waals surface area contributed by atoms with Gasteiger partial charge in [-0.25, -0.2) is 4.79 Å². The molecule has 0 aliphatic heterocycles. The molecule has 6 atom stereocenters. The van der Waals surface area contributed by atoms with Crippen molar-refractivity contribution in [3.05, 3.63) is 29.8 Å². The second-order valence-corrected chi connectivity index (χ2v) is 19.2. The smallest absolute Gasteiger partial charge is 0.326 e. The van der Waals surface area contributed by atoms with Crippen molar-refractivity contribution in [2.24, 2.45) is 23.7 Å². The molecule has 0 aromatic heterocycles. The number of rotatable bonds is 39. The summed E-state index contributed by atoms with van der Waals surface area (Å²) in [6, 6.07) is 2.56. The molecule has 1 fully saturated rings. The molecule has 0 bridgehead atoms. The van der Waals surface area contributed by atoms with Crippen LogP contribution in [-0.2, 0) is 59.2 Å². The normalized spacial score (nSPS) is 16.9. The van der Waals surface area contributed by atoms with Crippen LogP contribution < -0.4 is 26.6 Å². The second kappa shape index (κ2) is 33.7. The van der Waals surface area contributed by atoms with E-state index in [-0.39, 0.29) is 112 Å². The third-order valence-electron chi connectivity index (χ3n) is 13.3. The summed E-state index contributed by atoms with van der Waals surface area (Å²) in [5.41, 5.74) is 0.724. The number of Topliss-reactive ketones (excluding diaryl/α,β-unsaturated/α-hetero) is 5. The van der Waals surface area contributed by atoms with E-state index in [1.165, 1.54) is 19.1 Å². The van der Waals surface area contributed by atoms with E-state index in [4.69, 9.17) is 0 Å². The summed E-state index contributed by atoms with van der Waals surface area (Å²) in [5.74, 6) is -9.01. The van der Waals surface area contributed by atoms with Crippen molar-refractivity contribution >= 4 is 64.5 Å². The molecule has 0 radical (unpaired) electrons. The summed E-state index contributed by atoms with van der Waals surface area (Å²) < 4.78 is 0. The van der Waals surface area contributed by atoms with Crippen LogP contribution in [0.4, 0.5) is 0 Å². The minimum absolute atomic E-state index is 0.0648. The fourth-order valence-electron chi connectivity index (χ4n) is 8.68. The first-order chi connectivity index (χ1) is 34.1. The minimum atomic E-state index is -1.51. The highest BCUT2D eigenvalue weighted by atomic mass is 16.4. The van der Waals surface area contributed by atoms with E-state index >= 15 is 0 Å². The maximum atomic E-state index is 13.4. The van der Waals surface area contributed by atoms with Crippen molar-refractivity contribution in [3.63, 3.8) is 0 Å². The van der Waals surface area contributed by atoms with Gasteiger partial charge in [0.05, 0.1) is 43.1 Å². The van der Waals surface area contributed by atoms with E-state index in [0.717, 1.165) is 24.8 Å². The third kappa shape index (κ3) is 25.0. The molecule has 0 heterocycles. The molecule has 2 rings (SSSR count). The molecule has 20 heteroatoms. The highest BCUT2D eigenvalue weighted by Gasteiger charge is 2.31. The molecule has 3 amide bonds. The average Bonchev–Trinajstić information content (AvgIpc) is 3.33. The summed E-state index contributed by atoms with van der Waals surface area (Å²) in [7, 11) is 0. The molecular formula is C52H79N5O15. The van der Waals surface area contributed by atoms with Crippen molar-refractivity contribution in [1.29, 1.82) is 0 Å². The van der Waals surface area contributed by atoms with E-state index in [2.05, 4.69) is 33.5 Å². The number of hydrogen-bond donors (Lipinski definition) is 9. The van der Waals surface area contributed by atoms with Gasteiger partial charge in [0.1, 0.15) is 29.1 Å². The number of carboxylic acid groups (broad SMARTS) is 3. The molecular weight excluding hydrogens is 935 g/mol. The Balaban J connectivity index is 1.80. The fourth-order valence-corrected chi connectivity index (χ4v) is 8.68. The molecule has 1 saturated carbocycles. The van der Waals surface area contributed by atoms with Gasteiger partial charge in [-0.3, -0.25) is 47.9 Å². The average molecular weight is 1010 g/mol. The maximum Gasteiger partial charge on any atom is 0.326 e. The van der Waals surface area contributed by atoms with Crippen molar-refractivity contribution in [1.82, 2.24) is 26.6 Å². The van der Waals surface area contributed by atoms with Crippen molar-refractivity contribution in [2.75, 3.05) is 19.6 Å². The van der Waals surface area contributed by atoms with Crippen LogP contribution in [0.1, 0.15) is 155 Å². The van der Waals surface area contributed by atoms with Crippen molar-refractivity contribution in [3.8, 4) is 5.75 Å². The first kappa shape index (κ1) is 62.2. The molecule has 1 aliphatic rings. The first-order valence-electron chi connectivity index (χ1n) is 25.5. The van der Waals surface area contributed by atoms with Gasteiger partial charge >= 0.3 is 17.9 Å². The molecule has 402 valence electrons. The second-order valence-electron chi connectivity index (χ2n) is 19.2. The van der Waals surface area contributed by atoms with Gasteiger partial charge in [-0.05, 0) is 87.8 Å². The third-order valence-corrected chi connectivity index (χ3v) is 13.3. The van der Waals surface area contributed by atoms with Gasteiger partial charge in [0.2, 0.25) is 17.7 Å². The Morgan fingerprint density at radius 2 is 1.15 bits per heavy atom. The number of ketones is 5.